The highest BCUT2D eigenvalue weighted by molar-refractivity contribution is 9.11. The van der Waals surface area contributed by atoms with Crippen LogP contribution in [0.3, 0.4) is 0 Å². The van der Waals surface area contributed by atoms with Gasteiger partial charge in [-0.15, -0.1) is 0 Å². The lowest BCUT2D eigenvalue weighted by Gasteiger charge is -2.32. The van der Waals surface area contributed by atoms with Crippen LogP contribution in [-0.4, -0.2) is 60.3 Å². The molecule has 2 fully saturated rings. The van der Waals surface area contributed by atoms with E-state index in [4.69, 9.17) is 4.74 Å². The number of morpholine rings is 1. The Labute approximate surface area is 142 Å². The molecule has 1 aromatic rings. The smallest absolute Gasteiger partial charge is 0.143 e. The highest BCUT2D eigenvalue weighted by atomic mass is 79.9. The second-order valence-corrected chi connectivity index (χ2v) is 7.44. The van der Waals surface area contributed by atoms with Gasteiger partial charge in [0, 0.05) is 38.8 Å². The van der Waals surface area contributed by atoms with Crippen LogP contribution in [0.15, 0.2) is 21.1 Å². The number of ether oxygens (including phenoxy) is 1. The number of hydrogen-bond acceptors (Lipinski definition) is 4. The van der Waals surface area contributed by atoms with Crippen molar-refractivity contribution in [1.82, 2.24) is 9.80 Å². The Bertz CT molecular complexity index is 483. The van der Waals surface area contributed by atoms with E-state index in [1.807, 2.05) is 12.1 Å². The van der Waals surface area contributed by atoms with Crippen LogP contribution in [0.2, 0.25) is 0 Å². The lowest BCUT2D eigenvalue weighted by Crippen LogP contribution is -2.44. The minimum absolute atomic E-state index is 0.270. The Balaban J connectivity index is 1.59. The number of benzene rings is 1. The Morgan fingerprint density at radius 1 is 1.14 bits per heavy atom. The molecule has 0 spiro atoms. The summed E-state index contributed by atoms with van der Waals surface area (Å²) in [5, 5.41) is 9.78. The fourth-order valence-electron chi connectivity index (χ4n) is 3.16. The van der Waals surface area contributed by atoms with E-state index < -0.39 is 0 Å². The van der Waals surface area contributed by atoms with Crippen LogP contribution in [0.4, 0.5) is 0 Å². The van der Waals surface area contributed by atoms with Gasteiger partial charge in [-0.2, -0.15) is 0 Å². The standard InChI is InChI=1S/C15H20Br2N2O2/c16-13-7-11(8-14(17)15(13)20)9-18-2-1-12(10-18)19-3-5-21-6-4-19/h7-8,12,20H,1-6,9-10H2. The molecule has 0 aromatic heterocycles. The summed E-state index contributed by atoms with van der Waals surface area (Å²) in [6, 6.07) is 4.67. The summed E-state index contributed by atoms with van der Waals surface area (Å²) in [6.45, 7) is 7.05. The molecular weight excluding hydrogens is 400 g/mol. The van der Waals surface area contributed by atoms with Crippen molar-refractivity contribution in [1.29, 1.82) is 0 Å². The van der Waals surface area contributed by atoms with Gasteiger partial charge in [0.15, 0.2) is 0 Å². The highest BCUT2D eigenvalue weighted by Crippen LogP contribution is 2.34. The first-order chi connectivity index (χ1) is 10.1. The molecule has 21 heavy (non-hydrogen) atoms. The molecule has 2 saturated heterocycles. The third kappa shape index (κ3) is 3.79. The van der Waals surface area contributed by atoms with Crippen LogP contribution in [0.1, 0.15) is 12.0 Å². The van der Waals surface area contributed by atoms with E-state index in [9.17, 15) is 5.11 Å². The number of aromatic hydroxyl groups is 1. The van der Waals surface area contributed by atoms with Crippen LogP contribution in [-0.2, 0) is 11.3 Å². The topological polar surface area (TPSA) is 35.9 Å². The van der Waals surface area contributed by atoms with Crippen molar-refractivity contribution >= 4 is 31.9 Å². The van der Waals surface area contributed by atoms with Crippen molar-refractivity contribution < 1.29 is 9.84 Å². The van der Waals surface area contributed by atoms with Gasteiger partial charge in [0.1, 0.15) is 5.75 Å². The zero-order valence-corrected chi connectivity index (χ0v) is 15.1. The molecule has 0 saturated carbocycles. The summed E-state index contributed by atoms with van der Waals surface area (Å²) in [4.78, 5) is 5.05. The largest absolute Gasteiger partial charge is 0.506 e. The molecular formula is C15H20Br2N2O2. The number of hydrogen-bond donors (Lipinski definition) is 1. The molecule has 1 aromatic carbocycles. The molecule has 2 aliphatic heterocycles. The lowest BCUT2D eigenvalue weighted by atomic mass is 10.2. The van der Waals surface area contributed by atoms with Crippen LogP contribution in [0.5, 0.6) is 5.75 Å². The first-order valence-corrected chi connectivity index (χ1v) is 8.93. The van der Waals surface area contributed by atoms with Crippen LogP contribution < -0.4 is 0 Å². The maximum Gasteiger partial charge on any atom is 0.143 e. The van der Waals surface area contributed by atoms with E-state index >= 15 is 0 Å². The summed E-state index contributed by atoms with van der Waals surface area (Å²) in [6.07, 6.45) is 1.24. The highest BCUT2D eigenvalue weighted by Gasteiger charge is 2.28. The van der Waals surface area contributed by atoms with E-state index in [1.165, 1.54) is 12.0 Å². The van der Waals surface area contributed by atoms with Gasteiger partial charge < -0.3 is 9.84 Å². The normalized spacial score (nSPS) is 24.6. The molecule has 3 rings (SSSR count). The minimum atomic E-state index is 0.270. The molecule has 0 amide bonds. The molecule has 2 aliphatic rings. The van der Waals surface area contributed by atoms with Gasteiger partial charge in [-0.3, -0.25) is 9.80 Å². The maximum atomic E-state index is 9.78. The third-order valence-electron chi connectivity index (χ3n) is 4.29. The van der Waals surface area contributed by atoms with Gasteiger partial charge in [0.05, 0.1) is 22.2 Å². The average molecular weight is 420 g/mol. The average Bonchev–Trinajstić information content (AvgIpc) is 2.94. The van der Waals surface area contributed by atoms with Crippen LogP contribution in [0.25, 0.3) is 0 Å². The molecule has 2 heterocycles. The van der Waals surface area contributed by atoms with Gasteiger partial charge in [-0.05, 0) is 56.0 Å². The Kier molecular flexibility index (Phi) is 5.22. The monoisotopic (exact) mass is 418 g/mol. The number of likely N-dealkylation sites (tertiary alicyclic amines) is 1. The molecule has 0 radical (unpaired) electrons. The third-order valence-corrected chi connectivity index (χ3v) is 5.50. The van der Waals surface area contributed by atoms with Crippen molar-refractivity contribution in [2.75, 3.05) is 39.4 Å². The summed E-state index contributed by atoms with van der Waals surface area (Å²) in [5.41, 5.74) is 1.22. The van der Waals surface area contributed by atoms with E-state index in [-0.39, 0.29) is 5.75 Å². The van der Waals surface area contributed by atoms with Crippen LogP contribution >= 0.6 is 31.9 Å². The van der Waals surface area contributed by atoms with Gasteiger partial charge >= 0.3 is 0 Å². The predicted octanol–water partition coefficient (Wildman–Crippen LogP) is 2.82. The van der Waals surface area contributed by atoms with E-state index in [0.29, 0.717) is 6.04 Å². The first-order valence-electron chi connectivity index (χ1n) is 7.34. The molecule has 0 aliphatic carbocycles. The second kappa shape index (κ2) is 6.96. The molecule has 6 heteroatoms. The van der Waals surface area contributed by atoms with Gasteiger partial charge in [0.2, 0.25) is 0 Å². The number of nitrogens with zero attached hydrogens (tertiary/aromatic N) is 2. The molecule has 116 valence electrons. The van der Waals surface area contributed by atoms with Crippen molar-refractivity contribution in [2.45, 2.75) is 19.0 Å². The minimum Gasteiger partial charge on any atom is -0.506 e. The van der Waals surface area contributed by atoms with Crippen LogP contribution in [0, 0.1) is 0 Å². The Morgan fingerprint density at radius 3 is 2.48 bits per heavy atom. The molecule has 0 bridgehead atoms. The molecule has 4 nitrogen and oxygen atoms in total. The fourth-order valence-corrected chi connectivity index (χ4v) is 4.45. The molecule has 1 unspecified atom stereocenters. The van der Waals surface area contributed by atoms with Crippen molar-refractivity contribution in [3.8, 4) is 5.75 Å². The molecule has 1 N–H and O–H groups in total. The number of halogens is 2. The number of rotatable bonds is 3. The van der Waals surface area contributed by atoms with E-state index in [1.54, 1.807) is 0 Å². The first kappa shape index (κ1) is 15.7. The second-order valence-electron chi connectivity index (χ2n) is 5.73. The SMILES string of the molecule is Oc1c(Br)cc(CN2CCC(N3CCOCC3)C2)cc1Br. The van der Waals surface area contributed by atoms with Crippen molar-refractivity contribution in [3.05, 3.63) is 26.6 Å². The zero-order valence-electron chi connectivity index (χ0n) is 11.9. The predicted molar refractivity (Wildman–Crippen MR) is 89.6 cm³/mol. The summed E-state index contributed by atoms with van der Waals surface area (Å²) >= 11 is 6.80. The van der Waals surface area contributed by atoms with E-state index in [2.05, 4.69) is 41.7 Å². The van der Waals surface area contributed by atoms with Gasteiger partial charge in [-0.1, -0.05) is 0 Å². The Hall–Kier alpha value is -0.140. The Morgan fingerprint density at radius 2 is 1.81 bits per heavy atom. The van der Waals surface area contributed by atoms with Crippen molar-refractivity contribution in [3.63, 3.8) is 0 Å². The van der Waals surface area contributed by atoms with Crippen molar-refractivity contribution in [2.24, 2.45) is 0 Å². The number of phenolic OH excluding ortho intramolecular Hbond substituents is 1. The van der Waals surface area contributed by atoms with Gasteiger partial charge in [-0.25, -0.2) is 0 Å². The molecule has 1 atom stereocenters. The fraction of sp³-hybridized carbons (Fsp3) is 0.600. The van der Waals surface area contributed by atoms with E-state index in [0.717, 1.165) is 54.9 Å². The summed E-state index contributed by atoms with van der Waals surface area (Å²) < 4.78 is 6.92. The zero-order chi connectivity index (χ0) is 14.8. The van der Waals surface area contributed by atoms with Gasteiger partial charge in [0.25, 0.3) is 0 Å². The maximum absolute atomic E-state index is 9.78. The number of phenols is 1. The quantitative estimate of drug-likeness (QED) is 0.817. The summed E-state index contributed by atoms with van der Waals surface area (Å²) in [5.74, 6) is 0.270. The summed E-state index contributed by atoms with van der Waals surface area (Å²) in [7, 11) is 0. The lowest BCUT2D eigenvalue weighted by molar-refractivity contribution is 0.0184.